The van der Waals surface area contributed by atoms with E-state index in [2.05, 4.69) is 20.7 Å². The van der Waals surface area contributed by atoms with E-state index >= 15 is 0 Å². The minimum atomic E-state index is -1.05. The number of nitrogens with one attached hydrogen (secondary N) is 2. The molecule has 1 rings (SSSR count). The van der Waals surface area contributed by atoms with Crippen molar-refractivity contribution in [2.45, 2.75) is 32.3 Å². The largest absolute Gasteiger partial charge is 0.383 e. The van der Waals surface area contributed by atoms with Gasteiger partial charge in [-0.15, -0.1) is 0 Å². The average Bonchev–Trinajstić information content (AvgIpc) is 3.02. The van der Waals surface area contributed by atoms with Crippen molar-refractivity contribution in [1.29, 1.82) is 0 Å². The summed E-state index contributed by atoms with van der Waals surface area (Å²) in [6.45, 7) is 7.58. The smallest absolute Gasteiger partial charge is 0.191 e. The first kappa shape index (κ1) is 21.4. The highest BCUT2D eigenvalue weighted by atomic mass is 16.5. The molecule has 0 amide bonds. The van der Waals surface area contributed by atoms with E-state index in [9.17, 15) is 5.11 Å². The quantitative estimate of drug-likeness (QED) is 0.289. The van der Waals surface area contributed by atoms with E-state index in [0.29, 0.717) is 19.2 Å². The molecule has 8 nitrogen and oxygen atoms in total. The first-order valence-electron chi connectivity index (χ1n) is 8.80. The predicted molar refractivity (Wildman–Crippen MR) is 98.7 cm³/mol. The Morgan fingerprint density at radius 3 is 2.76 bits per heavy atom. The van der Waals surface area contributed by atoms with Gasteiger partial charge in [-0.3, -0.25) is 4.68 Å². The van der Waals surface area contributed by atoms with E-state index in [1.54, 1.807) is 31.1 Å². The summed E-state index contributed by atoms with van der Waals surface area (Å²) in [6.07, 6.45) is 5.43. The fourth-order valence-corrected chi connectivity index (χ4v) is 2.15. The van der Waals surface area contributed by atoms with Crippen LogP contribution in [0.15, 0.2) is 17.4 Å². The summed E-state index contributed by atoms with van der Waals surface area (Å²) in [5, 5.41) is 21.2. The minimum Gasteiger partial charge on any atom is -0.383 e. The summed E-state index contributed by atoms with van der Waals surface area (Å²) in [5.41, 5.74) is -0.297. The van der Waals surface area contributed by atoms with Gasteiger partial charge in [-0.05, 0) is 26.7 Å². The number of aromatic nitrogens is 2. The average molecular weight is 355 g/mol. The second-order valence-corrected chi connectivity index (χ2v) is 6.11. The summed E-state index contributed by atoms with van der Waals surface area (Å²) >= 11 is 0. The van der Waals surface area contributed by atoms with Crippen LogP contribution in [0.4, 0.5) is 0 Å². The van der Waals surface area contributed by atoms with Crippen LogP contribution in [-0.2, 0) is 22.1 Å². The molecule has 0 saturated heterocycles. The first-order chi connectivity index (χ1) is 12.0. The number of unbranched alkanes of at least 4 members (excludes halogenated alkanes) is 1. The molecule has 3 N–H and O–H groups in total. The lowest BCUT2D eigenvalue weighted by Crippen LogP contribution is -2.39. The Bertz CT molecular complexity index is 502. The van der Waals surface area contributed by atoms with Gasteiger partial charge in [0.25, 0.3) is 0 Å². The van der Waals surface area contributed by atoms with Crippen LogP contribution in [0.2, 0.25) is 0 Å². The second kappa shape index (κ2) is 11.8. The Balaban J connectivity index is 2.35. The van der Waals surface area contributed by atoms with Gasteiger partial charge in [0.1, 0.15) is 5.60 Å². The van der Waals surface area contributed by atoms with Gasteiger partial charge in [0.05, 0.1) is 26.0 Å². The summed E-state index contributed by atoms with van der Waals surface area (Å²) < 4.78 is 12.0. The van der Waals surface area contributed by atoms with Crippen LogP contribution < -0.4 is 10.6 Å². The van der Waals surface area contributed by atoms with Gasteiger partial charge in [0, 0.05) is 45.6 Å². The van der Waals surface area contributed by atoms with E-state index < -0.39 is 5.60 Å². The van der Waals surface area contributed by atoms with Crippen LogP contribution in [0, 0.1) is 0 Å². The molecule has 0 aliphatic carbocycles. The van der Waals surface area contributed by atoms with E-state index in [0.717, 1.165) is 38.1 Å². The number of methoxy groups -OCH3 is 1. The zero-order chi connectivity index (χ0) is 18.5. The van der Waals surface area contributed by atoms with Crippen LogP contribution in [0.5, 0.6) is 0 Å². The minimum absolute atomic E-state index is 0.258. The lowest BCUT2D eigenvalue weighted by Gasteiger charge is -2.20. The summed E-state index contributed by atoms with van der Waals surface area (Å²) in [7, 11) is 3.49. The normalized spacial score (nSPS) is 14.4. The maximum absolute atomic E-state index is 10.6. The highest BCUT2D eigenvalue weighted by Gasteiger charge is 2.24. The predicted octanol–water partition coefficient (Wildman–Crippen LogP) is 0.626. The van der Waals surface area contributed by atoms with Crippen molar-refractivity contribution in [3.05, 3.63) is 18.0 Å². The van der Waals surface area contributed by atoms with Crippen LogP contribution in [0.1, 0.15) is 32.3 Å². The first-order valence-corrected chi connectivity index (χ1v) is 8.80. The number of hydrogen-bond donors (Lipinski definition) is 3. The molecule has 25 heavy (non-hydrogen) atoms. The van der Waals surface area contributed by atoms with Crippen molar-refractivity contribution in [3.63, 3.8) is 0 Å². The van der Waals surface area contributed by atoms with Gasteiger partial charge in [0.2, 0.25) is 0 Å². The zero-order valence-electron chi connectivity index (χ0n) is 15.9. The molecule has 0 fully saturated rings. The van der Waals surface area contributed by atoms with Gasteiger partial charge < -0.3 is 25.2 Å². The van der Waals surface area contributed by atoms with E-state index in [1.807, 2.05) is 14.0 Å². The number of guanidine groups is 1. The van der Waals surface area contributed by atoms with Crippen LogP contribution >= 0.6 is 0 Å². The fourth-order valence-electron chi connectivity index (χ4n) is 2.15. The standard InChI is InChI=1S/C17H33N5O3/c1-5-18-16(19-8-6-7-9-25-11-10-24-4)20-14-17(2,23)15-12-21-22(3)13-15/h12-13,23H,5-11,14H2,1-4H3,(H2,18,19,20). The highest BCUT2D eigenvalue weighted by molar-refractivity contribution is 5.79. The zero-order valence-corrected chi connectivity index (χ0v) is 15.9. The lowest BCUT2D eigenvalue weighted by molar-refractivity contribution is 0.0671. The molecule has 1 aromatic heterocycles. The maximum Gasteiger partial charge on any atom is 0.191 e. The van der Waals surface area contributed by atoms with E-state index in [1.165, 1.54) is 0 Å². The van der Waals surface area contributed by atoms with Crippen LogP contribution in [-0.4, -0.2) is 67.4 Å². The van der Waals surface area contributed by atoms with Crippen LogP contribution in [0.3, 0.4) is 0 Å². The molecule has 0 spiro atoms. The highest BCUT2D eigenvalue weighted by Crippen LogP contribution is 2.19. The van der Waals surface area contributed by atoms with Gasteiger partial charge in [0.15, 0.2) is 5.96 Å². The number of aryl methyl sites for hydroxylation is 1. The molecule has 1 unspecified atom stereocenters. The number of aliphatic hydroxyl groups is 1. The Labute approximate surface area is 150 Å². The summed E-state index contributed by atoms with van der Waals surface area (Å²) in [4.78, 5) is 4.49. The van der Waals surface area contributed by atoms with E-state index in [-0.39, 0.29) is 6.54 Å². The SMILES string of the molecule is CCNC(=NCC(C)(O)c1cnn(C)c1)NCCCCOCCOC. The van der Waals surface area contributed by atoms with Crippen LogP contribution in [0.25, 0.3) is 0 Å². The van der Waals surface area contributed by atoms with Crippen molar-refractivity contribution >= 4 is 5.96 Å². The molecule has 0 saturated carbocycles. The fraction of sp³-hybridized carbons (Fsp3) is 0.765. The molecular formula is C17H33N5O3. The molecule has 1 aromatic rings. The van der Waals surface area contributed by atoms with Gasteiger partial charge >= 0.3 is 0 Å². The number of rotatable bonds is 12. The lowest BCUT2D eigenvalue weighted by atomic mass is 10.0. The molecule has 0 radical (unpaired) electrons. The molecular weight excluding hydrogens is 322 g/mol. The molecule has 1 atom stereocenters. The number of ether oxygens (including phenoxy) is 2. The number of nitrogens with zero attached hydrogens (tertiary/aromatic N) is 3. The molecule has 0 aliphatic heterocycles. The number of aliphatic imine (C=N–C) groups is 1. The molecule has 144 valence electrons. The van der Waals surface area contributed by atoms with Crippen molar-refractivity contribution < 1.29 is 14.6 Å². The van der Waals surface area contributed by atoms with E-state index in [4.69, 9.17) is 9.47 Å². The van der Waals surface area contributed by atoms with Gasteiger partial charge in [-0.2, -0.15) is 5.10 Å². The molecule has 8 heteroatoms. The van der Waals surface area contributed by atoms with Crippen molar-refractivity contribution in [1.82, 2.24) is 20.4 Å². The maximum atomic E-state index is 10.6. The molecule has 0 aromatic carbocycles. The van der Waals surface area contributed by atoms with Gasteiger partial charge in [-0.25, -0.2) is 4.99 Å². The third-order valence-corrected chi connectivity index (χ3v) is 3.66. The Morgan fingerprint density at radius 1 is 1.32 bits per heavy atom. The van der Waals surface area contributed by atoms with Crippen molar-refractivity contribution in [2.24, 2.45) is 12.0 Å². The molecule has 0 bridgehead atoms. The molecule has 1 heterocycles. The Morgan fingerprint density at radius 2 is 2.12 bits per heavy atom. The molecule has 0 aliphatic rings. The van der Waals surface area contributed by atoms with Crippen molar-refractivity contribution in [3.8, 4) is 0 Å². The second-order valence-electron chi connectivity index (χ2n) is 6.11. The Kier molecular flexibility index (Phi) is 10.1. The van der Waals surface area contributed by atoms with Gasteiger partial charge in [-0.1, -0.05) is 0 Å². The van der Waals surface area contributed by atoms with Crippen molar-refractivity contribution in [2.75, 3.05) is 46.6 Å². The monoisotopic (exact) mass is 355 g/mol. The topological polar surface area (TPSA) is 92.9 Å². The Hall–Kier alpha value is -1.64. The third kappa shape index (κ3) is 8.85. The third-order valence-electron chi connectivity index (χ3n) is 3.66. The summed E-state index contributed by atoms with van der Waals surface area (Å²) in [6, 6.07) is 0. The number of hydrogen-bond acceptors (Lipinski definition) is 5. The summed E-state index contributed by atoms with van der Waals surface area (Å²) in [5.74, 6) is 0.701.